The van der Waals surface area contributed by atoms with Crippen LogP contribution in [0.5, 0.6) is 11.9 Å². The Balaban J connectivity index is 2.03. The molecule has 0 spiro atoms. The molecule has 1 saturated carbocycles. The number of aromatic nitrogens is 3. The van der Waals surface area contributed by atoms with E-state index in [9.17, 15) is 4.79 Å². The Kier molecular flexibility index (Phi) is 4.69. The fourth-order valence-corrected chi connectivity index (χ4v) is 2.73. The average molecular weight is 330 g/mol. The first-order valence-corrected chi connectivity index (χ1v) is 8.18. The molecule has 7 heteroatoms. The highest BCUT2D eigenvalue weighted by atomic mass is 16.5. The number of ether oxygens (including phenoxy) is 2. The Morgan fingerprint density at radius 3 is 2.75 bits per heavy atom. The minimum absolute atomic E-state index is 0.238. The van der Waals surface area contributed by atoms with Gasteiger partial charge in [0.05, 0.1) is 25.1 Å². The van der Waals surface area contributed by atoms with Crippen molar-refractivity contribution in [2.45, 2.75) is 32.6 Å². The van der Waals surface area contributed by atoms with Crippen LogP contribution >= 0.6 is 0 Å². The van der Waals surface area contributed by atoms with Gasteiger partial charge in [0, 0.05) is 17.8 Å². The third-order valence-electron chi connectivity index (χ3n) is 4.14. The van der Waals surface area contributed by atoms with Gasteiger partial charge in [-0.1, -0.05) is 12.8 Å². The van der Waals surface area contributed by atoms with Gasteiger partial charge in [-0.05, 0) is 31.7 Å². The van der Waals surface area contributed by atoms with Gasteiger partial charge in [-0.3, -0.25) is 0 Å². The smallest absolute Gasteiger partial charge is 0.327 e. The minimum Gasteiger partial charge on any atom is -0.481 e. The number of amides is 1. The van der Waals surface area contributed by atoms with Crippen LogP contribution in [0, 0.1) is 5.92 Å². The number of nitrogens with zero attached hydrogens (tertiary/aromatic N) is 3. The predicted molar refractivity (Wildman–Crippen MR) is 89.2 cm³/mol. The lowest BCUT2D eigenvalue weighted by Gasteiger charge is -2.08. The molecule has 0 bridgehead atoms. The second-order valence-corrected chi connectivity index (χ2v) is 5.87. The van der Waals surface area contributed by atoms with Crippen molar-refractivity contribution in [3.63, 3.8) is 0 Å². The highest BCUT2D eigenvalue weighted by molar-refractivity contribution is 5.80. The summed E-state index contributed by atoms with van der Waals surface area (Å²) in [6.45, 7) is 2.26. The highest BCUT2D eigenvalue weighted by Gasteiger charge is 2.26. The van der Waals surface area contributed by atoms with E-state index in [1.807, 2.05) is 13.0 Å². The zero-order chi connectivity index (χ0) is 17.1. The Morgan fingerprint density at radius 2 is 2.21 bits per heavy atom. The third kappa shape index (κ3) is 3.34. The van der Waals surface area contributed by atoms with Crippen LogP contribution in [0.15, 0.2) is 18.3 Å². The quantitative estimate of drug-likeness (QED) is 0.842. The van der Waals surface area contributed by atoms with Crippen LogP contribution in [0.1, 0.15) is 31.9 Å². The van der Waals surface area contributed by atoms with Gasteiger partial charge in [-0.25, -0.2) is 14.3 Å². The number of carbonyl (C=O) groups is 1. The second-order valence-electron chi connectivity index (χ2n) is 5.87. The lowest BCUT2D eigenvalue weighted by Crippen LogP contribution is -2.23. The highest BCUT2D eigenvalue weighted by Crippen LogP contribution is 2.36. The molecule has 0 aliphatic heterocycles. The van der Waals surface area contributed by atoms with Crippen LogP contribution in [0.3, 0.4) is 0 Å². The molecule has 1 amide bonds. The van der Waals surface area contributed by atoms with E-state index in [-0.39, 0.29) is 6.01 Å². The summed E-state index contributed by atoms with van der Waals surface area (Å²) in [4.78, 5) is 20.7. The van der Waals surface area contributed by atoms with Crippen LogP contribution in [0.25, 0.3) is 11.3 Å². The predicted octanol–water partition coefficient (Wildman–Crippen LogP) is 2.62. The fraction of sp³-hybridized carbons (Fsp3) is 0.471. The van der Waals surface area contributed by atoms with Crippen LogP contribution < -0.4 is 15.2 Å². The van der Waals surface area contributed by atoms with Crippen LogP contribution in [0.4, 0.5) is 4.79 Å². The molecule has 2 aromatic heterocycles. The van der Waals surface area contributed by atoms with Crippen molar-refractivity contribution in [1.29, 1.82) is 0 Å². The minimum atomic E-state index is -0.579. The Morgan fingerprint density at radius 1 is 1.42 bits per heavy atom. The molecule has 24 heavy (non-hydrogen) atoms. The Hall–Kier alpha value is -2.57. The van der Waals surface area contributed by atoms with Crippen molar-refractivity contribution < 1.29 is 14.3 Å². The Labute approximate surface area is 140 Å². The van der Waals surface area contributed by atoms with E-state index in [0.29, 0.717) is 18.2 Å². The average Bonchev–Trinajstić information content (AvgIpc) is 3.34. The molecule has 0 atom stereocenters. The van der Waals surface area contributed by atoms with Crippen molar-refractivity contribution in [2.24, 2.45) is 11.7 Å². The third-order valence-corrected chi connectivity index (χ3v) is 4.14. The van der Waals surface area contributed by atoms with E-state index >= 15 is 0 Å². The molecule has 1 aliphatic rings. The van der Waals surface area contributed by atoms with Gasteiger partial charge in [-0.15, -0.1) is 0 Å². The van der Waals surface area contributed by atoms with Gasteiger partial charge in [0.15, 0.2) is 0 Å². The topological polar surface area (TPSA) is 92.3 Å². The van der Waals surface area contributed by atoms with Crippen molar-refractivity contribution >= 4 is 6.03 Å². The van der Waals surface area contributed by atoms with Gasteiger partial charge in [0.2, 0.25) is 5.88 Å². The molecular weight excluding hydrogens is 308 g/mol. The summed E-state index contributed by atoms with van der Waals surface area (Å²) in [5.74, 6) is 1.26. The van der Waals surface area contributed by atoms with Crippen molar-refractivity contribution in [3.05, 3.63) is 24.0 Å². The number of primary amides is 1. The van der Waals surface area contributed by atoms with E-state index < -0.39 is 6.03 Å². The van der Waals surface area contributed by atoms with Crippen LogP contribution in [-0.4, -0.2) is 34.3 Å². The summed E-state index contributed by atoms with van der Waals surface area (Å²) in [5, 5.41) is 0. The number of hydrogen-bond acceptors (Lipinski definition) is 5. The van der Waals surface area contributed by atoms with Gasteiger partial charge in [0.1, 0.15) is 0 Å². The number of imidazole rings is 1. The first kappa shape index (κ1) is 16.3. The summed E-state index contributed by atoms with van der Waals surface area (Å²) in [7, 11) is 1.57. The monoisotopic (exact) mass is 330 g/mol. The van der Waals surface area contributed by atoms with E-state index in [1.165, 1.54) is 17.4 Å². The summed E-state index contributed by atoms with van der Waals surface area (Å²) in [6.07, 6.45) is 5.93. The molecule has 0 saturated heterocycles. The van der Waals surface area contributed by atoms with Crippen LogP contribution in [-0.2, 0) is 6.42 Å². The number of rotatable bonds is 7. The zero-order valence-corrected chi connectivity index (χ0v) is 14.0. The Bertz CT molecular complexity index is 720. The molecule has 0 aromatic carbocycles. The summed E-state index contributed by atoms with van der Waals surface area (Å²) in [5.41, 5.74) is 7.85. The molecular formula is C17H22N4O3. The van der Waals surface area contributed by atoms with E-state index in [1.54, 1.807) is 19.4 Å². The molecule has 128 valence electrons. The maximum atomic E-state index is 12.0. The first-order valence-electron chi connectivity index (χ1n) is 8.18. The number of pyridine rings is 1. The molecule has 1 aliphatic carbocycles. The van der Waals surface area contributed by atoms with Crippen molar-refractivity contribution in [1.82, 2.24) is 14.5 Å². The number of nitrogens with two attached hydrogens (primary N) is 1. The van der Waals surface area contributed by atoms with Crippen LogP contribution in [0.2, 0.25) is 0 Å². The fourth-order valence-electron chi connectivity index (χ4n) is 2.73. The maximum Gasteiger partial charge on any atom is 0.327 e. The van der Waals surface area contributed by atoms with Crippen molar-refractivity contribution in [3.8, 4) is 23.1 Å². The number of hydrogen-bond donors (Lipinski definition) is 1. The van der Waals surface area contributed by atoms with E-state index in [0.717, 1.165) is 30.0 Å². The normalized spacial score (nSPS) is 13.8. The molecule has 7 nitrogen and oxygen atoms in total. The zero-order valence-electron chi connectivity index (χ0n) is 14.0. The second kappa shape index (κ2) is 6.90. The van der Waals surface area contributed by atoms with Gasteiger partial charge in [0.25, 0.3) is 0 Å². The lowest BCUT2D eigenvalue weighted by molar-refractivity contribution is 0.241. The molecule has 2 N–H and O–H groups in total. The molecule has 2 heterocycles. The lowest BCUT2D eigenvalue weighted by atomic mass is 10.1. The maximum absolute atomic E-state index is 12.0. The van der Waals surface area contributed by atoms with Gasteiger partial charge < -0.3 is 15.2 Å². The molecule has 2 aromatic rings. The molecule has 1 fully saturated rings. The summed E-state index contributed by atoms with van der Waals surface area (Å²) in [6, 6.07) is 3.30. The van der Waals surface area contributed by atoms with Gasteiger partial charge >= 0.3 is 12.0 Å². The SMILES string of the molecule is CCOc1nc(-c2ccc(OC)nc2)c(CCC2CC2)n1C(N)=O. The largest absolute Gasteiger partial charge is 0.481 e. The number of carbonyl (C=O) groups excluding carboxylic acids is 1. The standard InChI is InChI=1S/C17H22N4O3/c1-3-24-17-20-15(12-7-9-14(23-2)19-10-12)13(21(17)16(18)22)8-6-11-4-5-11/h7,9-11H,3-6,8H2,1-2H3,(H2,18,22). The van der Waals surface area contributed by atoms with E-state index in [4.69, 9.17) is 15.2 Å². The summed E-state index contributed by atoms with van der Waals surface area (Å²) >= 11 is 0. The molecule has 0 unspecified atom stereocenters. The van der Waals surface area contributed by atoms with Gasteiger partial charge in [-0.2, -0.15) is 4.98 Å². The summed E-state index contributed by atoms with van der Waals surface area (Å²) < 4.78 is 12.0. The molecule has 0 radical (unpaired) electrons. The number of methoxy groups -OCH3 is 1. The van der Waals surface area contributed by atoms with E-state index in [2.05, 4.69) is 9.97 Å². The van der Waals surface area contributed by atoms with Crippen molar-refractivity contribution in [2.75, 3.05) is 13.7 Å². The first-order chi connectivity index (χ1) is 11.6. The molecule has 3 rings (SSSR count).